The van der Waals surface area contributed by atoms with Crippen LogP contribution in [0, 0.1) is 0 Å². The van der Waals surface area contributed by atoms with E-state index >= 15 is 0 Å². The fraction of sp³-hybridized carbons (Fsp3) is 0.333. The number of phosphoric ester groups is 1. The zero-order chi connectivity index (χ0) is 7.49. The number of aliphatic hydroxyl groups excluding tert-OH is 1. The minimum atomic E-state index is -4.46. The maximum atomic E-state index is 9.85. The lowest BCUT2D eigenvalue weighted by molar-refractivity contribution is 0.248. The zero-order valence-electron chi connectivity index (χ0n) is 4.68. The van der Waals surface area contributed by atoms with E-state index in [0.29, 0.717) is 6.26 Å². The third-order valence-corrected chi connectivity index (χ3v) is 0.741. The number of hydrogen-bond donors (Lipinski definition) is 3. The summed E-state index contributed by atoms with van der Waals surface area (Å²) in [5.41, 5.74) is 0. The standard InChI is InChI=1S/C3H7O5P/c1-3(4)2-8-9(5,6)7/h2,4H,1H3,(H2,5,6,7). The molecule has 0 aromatic carbocycles. The third-order valence-electron chi connectivity index (χ3n) is 0.361. The van der Waals surface area contributed by atoms with Crippen LogP contribution in [0.3, 0.4) is 0 Å². The quantitative estimate of drug-likeness (QED) is 0.398. The molecule has 0 amide bonds. The van der Waals surface area contributed by atoms with Crippen LogP contribution in [0.1, 0.15) is 6.92 Å². The van der Waals surface area contributed by atoms with Gasteiger partial charge >= 0.3 is 7.82 Å². The fourth-order valence-electron chi connectivity index (χ4n) is 0.145. The summed E-state index contributed by atoms with van der Waals surface area (Å²) >= 11 is 0. The van der Waals surface area contributed by atoms with Gasteiger partial charge in [-0.25, -0.2) is 4.57 Å². The van der Waals surface area contributed by atoms with Crippen LogP contribution in [0.15, 0.2) is 12.0 Å². The minimum absolute atomic E-state index is 0.293. The Morgan fingerprint density at radius 1 is 1.67 bits per heavy atom. The first-order valence-corrected chi connectivity index (χ1v) is 3.54. The molecule has 3 N–H and O–H groups in total. The molecule has 0 unspecified atom stereocenters. The lowest BCUT2D eigenvalue weighted by Gasteiger charge is -1.99. The van der Waals surface area contributed by atoms with Crippen LogP contribution in [0.2, 0.25) is 0 Å². The predicted molar refractivity (Wildman–Crippen MR) is 29.5 cm³/mol. The molecule has 5 nitrogen and oxygen atoms in total. The second-order valence-corrected chi connectivity index (χ2v) is 2.55. The van der Waals surface area contributed by atoms with E-state index in [-0.39, 0.29) is 5.76 Å². The smallest absolute Gasteiger partial charge is 0.509 e. The molecule has 0 fully saturated rings. The monoisotopic (exact) mass is 154 g/mol. The van der Waals surface area contributed by atoms with Gasteiger partial charge in [0.15, 0.2) is 0 Å². The Bertz CT molecular complexity index is 152. The number of allylic oxidation sites excluding steroid dienone is 1. The summed E-state index contributed by atoms with van der Waals surface area (Å²) in [6.45, 7) is 1.23. The Morgan fingerprint density at radius 2 is 2.11 bits per heavy atom. The van der Waals surface area contributed by atoms with Crippen LogP contribution in [0.4, 0.5) is 0 Å². The summed E-state index contributed by atoms with van der Waals surface area (Å²) in [5.74, 6) is -0.293. The van der Waals surface area contributed by atoms with Gasteiger partial charge in [-0.05, 0) is 6.92 Å². The molecule has 0 heterocycles. The number of aliphatic hydroxyl groups is 1. The highest BCUT2D eigenvalue weighted by molar-refractivity contribution is 7.46. The topological polar surface area (TPSA) is 87.0 Å². The van der Waals surface area contributed by atoms with Gasteiger partial charge in [-0.15, -0.1) is 0 Å². The second kappa shape index (κ2) is 2.87. The molecular weight excluding hydrogens is 147 g/mol. The van der Waals surface area contributed by atoms with Crippen LogP contribution in [0.5, 0.6) is 0 Å². The molecule has 0 aliphatic rings. The maximum absolute atomic E-state index is 9.85. The highest BCUT2D eigenvalue weighted by Crippen LogP contribution is 2.36. The van der Waals surface area contributed by atoms with Gasteiger partial charge in [0.25, 0.3) is 0 Å². The first-order valence-electron chi connectivity index (χ1n) is 2.01. The van der Waals surface area contributed by atoms with Crippen molar-refractivity contribution in [1.82, 2.24) is 0 Å². The average molecular weight is 154 g/mol. The molecule has 6 heteroatoms. The van der Waals surface area contributed by atoms with Crippen LogP contribution in [-0.4, -0.2) is 14.9 Å². The summed E-state index contributed by atoms with van der Waals surface area (Å²) < 4.78 is 13.6. The van der Waals surface area contributed by atoms with E-state index in [1.807, 2.05) is 0 Å². The number of rotatable bonds is 2. The van der Waals surface area contributed by atoms with E-state index in [4.69, 9.17) is 14.9 Å². The lowest BCUT2D eigenvalue weighted by atomic mass is 10.7. The van der Waals surface area contributed by atoms with E-state index in [0.717, 1.165) is 0 Å². The third kappa shape index (κ3) is 7.49. The molecule has 0 rings (SSSR count). The van der Waals surface area contributed by atoms with Crippen molar-refractivity contribution < 1.29 is 24.0 Å². The van der Waals surface area contributed by atoms with Crippen LogP contribution >= 0.6 is 7.82 Å². The summed E-state index contributed by atoms with van der Waals surface area (Å²) in [7, 11) is -4.46. The Balaban J connectivity index is 3.79. The fourth-order valence-corrected chi connectivity index (χ4v) is 0.435. The Morgan fingerprint density at radius 3 is 2.22 bits per heavy atom. The Hall–Kier alpha value is -0.510. The van der Waals surface area contributed by atoms with E-state index in [1.165, 1.54) is 6.92 Å². The first kappa shape index (κ1) is 8.49. The van der Waals surface area contributed by atoms with Crippen molar-refractivity contribution in [2.24, 2.45) is 0 Å². The normalized spacial score (nSPS) is 13.4. The Kier molecular flexibility index (Phi) is 2.70. The Labute approximate surface area is 51.8 Å². The highest BCUT2D eigenvalue weighted by atomic mass is 31.2. The summed E-state index contributed by atoms with van der Waals surface area (Å²) in [4.78, 5) is 16.0. The molecule has 0 aromatic heterocycles. The van der Waals surface area contributed by atoms with E-state index in [2.05, 4.69) is 4.52 Å². The SMILES string of the molecule is CC(O)=COP(=O)(O)O. The van der Waals surface area contributed by atoms with Crippen molar-refractivity contribution >= 4 is 7.82 Å². The largest absolute Gasteiger partial charge is 0.524 e. The van der Waals surface area contributed by atoms with Gasteiger partial charge in [-0.2, -0.15) is 0 Å². The molecule has 0 bridgehead atoms. The van der Waals surface area contributed by atoms with E-state index < -0.39 is 7.82 Å². The van der Waals surface area contributed by atoms with E-state index in [9.17, 15) is 4.57 Å². The minimum Gasteiger partial charge on any atom is -0.509 e. The van der Waals surface area contributed by atoms with Crippen molar-refractivity contribution in [2.75, 3.05) is 0 Å². The molecule has 9 heavy (non-hydrogen) atoms. The van der Waals surface area contributed by atoms with Crippen LogP contribution in [0.25, 0.3) is 0 Å². The first-order chi connectivity index (χ1) is 3.92. The molecule has 0 aromatic rings. The van der Waals surface area contributed by atoms with Crippen LogP contribution in [-0.2, 0) is 9.09 Å². The lowest BCUT2D eigenvalue weighted by Crippen LogP contribution is -1.80. The zero-order valence-corrected chi connectivity index (χ0v) is 5.58. The van der Waals surface area contributed by atoms with Crippen molar-refractivity contribution in [3.63, 3.8) is 0 Å². The molecular formula is C3H7O5P. The molecule has 0 saturated heterocycles. The average Bonchev–Trinajstić information content (AvgIpc) is 1.59. The van der Waals surface area contributed by atoms with Crippen molar-refractivity contribution in [3.05, 3.63) is 12.0 Å². The van der Waals surface area contributed by atoms with Gasteiger partial charge in [0.05, 0.1) is 0 Å². The van der Waals surface area contributed by atoms with Gasteiger partial charge in [-0.1, -0.05) is 0 Å². The number of hydrogen-bond acceptors (Lipinski definition) is 3. The summed E-state index contributed by atoms with van der Waals surface area (Å²) in [6, 6.07) is 0. The van der Waals surface area contributed by atoms with Crippen molar-refractivity contribution in [3.8, 4) is 0 Å². The molecule has 0 aliphatic carbocycles. The molecule has 54 valence electrons. The van der Waals surface area contributed by atoms with Gasteiger partial charge in [0.2, 0.25) is 0 Å². The predicted octanol–water partition coefficient (Wildman–Crippen LogP) is 0.515. The maximum Gasteiger partial charge on any atom is 0.524 e. The second-order valence-electron chi connectivity index (χ2n) is 1.36. The molecule has 0 atom stereocenters. The van der Waals surface area contributed by atoms with Crippen molar-refractivity contribution in [1.29, 1.82) is 0 Å². The molecule has 0 aliphatic heterocycles. The summed E-state index contributed by atoms with van der Waals surface area (Å²) in [5, 5.41) is 8.31. The van der Waals surface area contributed by atoms with Gasteiger partial charge in [0.1, 0.15) is 12.0 Å². The van der Waals surface area contributed by atoms with Gasteiger partial charge < -0.3 is 9.63 Å². The molecule has 0 saturated carbocycles. The van der Waals surface area contributed by atoms with Gasteiger partial charge in [-0.3, -0.25) is 9.79 Å². The van der Waals surface area contributed by atoms with Crippen LogP contribution < -0.4 is 0 Å². The van der Waals surface area contributed by atoms with Gasteiger partial charge in [0, 0.05) is 0 Å². The molecule has 0 radical (unpaired) electrons. The highest BCUT2D eigenvalue weighted by Gasteiger charge is 2.11. The van der Waals surface area contributed by atoms with Crippen molar-refractivity contribution in [2.45, 2.75) is 6.92 Å². The molecule has 0 spiro atoms. The number of phosphoric acid groups is 1. The van der Waals surface area contributed by atoms with E-state index in [1.54, 1.807) is 0 Å². The summed E-state index contributed by atoms with van der Waals surface area (Å²) in [6.07, 6.45) is 0.584.